The van der Waals surface area contributed by atoms with E-state index in [0.29, 0.717) is 17.0 Å². The molecule has 3 nitrogen and oxygen atoms in total. The van der Waals surface area contributed by atoms with Gasteiger partial charge in [0.1, 0.15) is 5.65 Å². The molecule has 0 aliphatic heterocycles. The first-order valence-electron chi connectivity index (χ1n) is 15.9. The number of hydrogen-bond acceptors (Lipinski definition) is 2. The maximum Gasteiger partial charge on any atom is 0.264 e. The Morgan fingerprint density at radius 1 is 0.652 bits per heavy atom. The normalized spacial score (nSPS) is 14.9. The van der Waals surface area contributed by atoms with Crippen LogP contribution in [0.25, 0.3) is 77.2 Å². The third kappa shape index (κ3) is 3.92. The van der Waals surface area contributed by atoms with E-state index in [4.69, 9.17) is 4.98 Å². The van der Waals surface area contributed by atoms with Crippen molar-refractivity contribution >= 4 is 43.8 Å². The van der Waals surface area contributed by atoms with Crippen molar-refractivity contribution in [1.82, 2.24) is 9.38 Å². The van der Waals surface area contributed by atoms with Gasteiger partial charge in [-0.05, 0) is 69.3 Å². The highest BCUT2D eigenvalue weighted by Gasteiger charge is 2.27. The van der Waals surface area contributed by atoms with Crippen molar-refractivity contribution in [2.24, 2.45) is 5.92 Å². The Kier molecular flexibility index (Phi) is 6.01. The van der Waals surface area contributed by atoms with E-state index in [1.165, 1.54) is 5.57 Å². The van der Waals surface area contributed by atoms with Crippen molar-refractivity contribution in [1.29, 1.82) is 0 Å². The second-order valence-corrected chi connectivity index (χ2v) is 12.3. The predicted octanol–water partition coefficient (Wildman–Crippen LogP) is 10.6. The second-order valence-electron chi connectivity index (χ2n) is 12.3. The number of hydrogen-bond donors (Lipinski definition) is 0. The molecule has 2 heterocycles. The second kappa shape index (κ2) is 10.4. The number of aromatic nitrogens is 2. The summed E-state index contributed by atoms with van der Waals surface area (Å²) in [6, 6.07) is 44.1. The number of imidazole rings is 1. The lowest BCUT2D eigenvalue weighted by Crippen LogP contribution is -2.14. The van der Waals surface area contributed by atoms with Crippen LogP contribution < -0.4 is 5.56 Å². The summed E-state index contributed by atoms with van der Waals surface area (Å²) in [7, 11) is 0. The molecule has 0 saturated carbocycles. The first-order chi connectivity index (χ1) is 22.7. The van der Waals surface area contributed by atoms with Crippen LogP contribution >= 0.6 is 0 Å². The summed E-state index contributed by atoms with van der Waals surface area (Å²) in [4.78, 5) is 20.3. The van der Waals surface area contributed by atoms with Gasteiger partial charge in [0.15, 0.2) is 0 Å². The lowest BCUT2D eigenvalue weighted by Gasteiger charge is -2.22. The largest absolute Gasteiger partial charge is 0.268 e. The molecule has 218 valence electrons. The van der Waals surface area contributed by atoms with Crippen LogP contribution in [0.3, 0.4) is 0 Å². The smallest absolute Gasteiger partial charge is 0.264 e. The van der Waals surface area contributed by atoms with Gasteiger partial charge in [0.05, 0.1) is 11.0 Å². The third-order valence-corrected chi connectivity index (χ3v) is 9.62. The fourth-order valence-electron chi connectivity index (χ4n) is 7.45. The SMILES string of the molecule is CC1CC=CC=C1c1c(-c2ccccc2)cc(-c2ccccc2)c2c1nc1c3ccc(-c4ccccc4)c4cccc(c(=O)n12)c43. The van der Waals surface area contributed by atoms with Gasteiger partial charge < -0.3 is 0 Å². The van der Waals surface area contributed by atoms with E-state index in [0.717, 1.165) is 72.6 Å². The first-order valence-corrected chi connectivity index (χ1v) is 15.9. The van der Waals surface area contributed by atoms with E-state index < -0.39 is 0 Å². The number of fused-ring (bicyclic) bond motifs is 4. The van der Waals surface area contributed by atoms with Crippen LogP contribution in [-0.2, 0) is 0 Å². The minimum atomic E-state index is -0.0398. The summed E-state index contributed by atoms with van der Waals surface area (Å²) in [6.45, 7) is 2.28. The Bertz CT molecular complexity index is 2560. The summed E-state index contributed by atoms with van der Waals surface area (Å²) in [6.07, 6.45) is 7.58. The molecule has 0 radical (unpaired) electrons. The molecule has 0 spiro atoms. The van der Waals surface area contributed by atoms with Crippen molar-refractivity contribution in [3.63, 3.8) is 0 Å². The molecule has 1 aliphatic carbocycles. The van der Waals surface area contributed by atoms with Gasteiger partial charge in [-0.2, -0.15) is 0 Å². The van der Waals surface area contributed by atoms with Crippen LogP contribution in [-0.4, -0.2) is 9.38 Å². The number of allylic oxidation sites excluding steroid dienone is 4. The summed E-state index contributed by atoms with van der Waals surface area (Å²) in [5, 5.41) is 3.72. The van der Waals surface area contributed by atoms with Crippen molar-refractivity contribution in [3.8, 4) is 33.4 Å². The quantitative estimate of drug-likeness (QED) is 0.204. The zero-order valence-corrected chi connectivity index (χ0v) is 25.4. The number of pyridine rings is 1. The van der Waals surface area contributed by atoms with Crippen LogP contribution in [0, 0.1) is 5.92 Å². The lowest BCUT2D eigenvalue weighted by molar-refractivity contribution is 0.759. The van der Waals surface area contributed by atoms with Crippen LogP contribution in [0.2, 0.25) is 0 Å². The molecule has 0 amide bonds. The van der Waals surface area contributed by atoms with Crippen molar-refractivity contribution in [3.05, 3.63) is 162 Å². The van der Waals surface area contributed by atoms with Gasteiger partial charge in [-0.3, -0.25) is 9.20 Å². The lowest BCUT2D eigenvalue weighted by atomic mass is 9.82. The van der Waals surface area contributed by atoms with Crippen LogP contribution in [0.4, 0.5) is 0 Å². The average Bonchev–Trinajstić information content (AvgIpc) is 3.52. The van der Waals surface area contributed by atoms with Gasteiger partial charge in [0.25, 0.3) is 5.56 Å². The monoisotopic (exact) mass is 590 g/mol. The minimum Gasteiger partial charge on any atom is -0.268 e. The number of benzene rings is 6. The van der Waals surface area contributed by atoms with E-state index in [1.54, 1.807) is 0 Å². The minimum absolute atomic E-state index is 0.0398. The summed E-state index contributed by atoms with van der Waals surface area (Å²) in [5.41, 5.74) is 11.3. The molecule has 1 atom stereocenters. The summed E-state index contributed by atoms with van der Waals surface area (Å²) < 4.78 is 1.89. The molecule has 0 saturated heterocycles. The van der Waals surface area contributed by atoms with Gasteiger partial charge in [-0.25, -0.2) is 4.98 Å². The fourth-order valence-corrected chi connectivity index (χ4v) is 7.45. The van der Waals surface area contributed by atoms with Crippen molar-refractivity contribution in [2.75, 3.05) is 0 Å². The highest BCUT2D eigenvalue weighted by molar-refractivity contribution is 6.20. The van der Waals surface area contributed by atoms with Gasteiger partial charge in [-0.1, -0.05) is 134 Å². The molecule has 9 rings (SSSR count). The summed E-state index contributed by atoms with van der Waals surface area (Å²) >= 11 is 0. The molecule has 6 aromatic carbocycles. The number of nitrogens with zero attached hydrogens (tertiary/aromatic N) is 2. The van der Waals surface area contributed by atoms with E-state index in [9.17, 15) is 4.79 Å². The van der Waals surface area contributed by atoms with Crippen LogP contribution in [0.1, 0.15) is 18.9 Å². The van der Waals surface area contributed by atoms with E-state index in [1.807, 2.05) is 28.7 Å². The molecule has 46 heavy (non-hydrogen) atoms. The van der Waals surface area contributed by atoms with Gasteiger partial charge >= 0.3 is 0 Å². The van der Waals surface area contributed by atoms with Crippen molar-refractivity contribution < 1.29 is 0 Å². The Hall–Kier alpha value is -5.80. The third-order valence-electron chi connectivity index (χ3n) is 9.62. The zero-order valence-electron chi connectivity index (χ0n) is 25.4. The molecular weight excluding hydrogens is 560 g/mol. The highest BCUT2D eigenvalue weighted by atomic mass is 16.1. The predicted molar refractivity (Wildman–Crippen MR) is 192 cm³/mol. The maximum absolute atomic E-state index is 14.8. The molecule has 0 fully saturated rings. The van der Waals surface area contributed by atoms with E-state index >= 15 is 0 Å². The molecule has 0 N–H and O–H groups in total. The molecule has 0 bridgehead atoms. The molecular formula is C43H30N2O. The van der Waals surface area contributed by atoms with Crippen LogP contribution in [0.5, 0.6) is 0 Å². The van der Waals surface area contributed by atoms with E-state index in [-0.39, 0.29) is 5.56 Å². The Labute approximate surface area is 266 Å². The Morgan fingerprint density at radius 3 is 1.96 bits per heavy atom. The van der Waals surface area contributed by atoms with Gasteiger partial charge in [0, 0.05) is 27.3 Å². The number of rotatable bonds is 4. The maximum atomic E-state index is 14.8. The topological polar surface area (TPSA) is 34.4 Å². The molecule has 1 aliphatic rings. The average molecular weight is 591 g/mol. The standard InChI is InChI=1S/C43H30N2O/c1-27-14-11-12-21-31(27)39-36(29-17-7-3-8-18-29)26-37(30-19-9-4-10-20-30)41-40(39)44-42-34-25-24-32(28-15-5-2-6-16-28)33-22-13-23-35(38(33)34)43(46)45(41)42/h2-13,15-27H,14H2,1H3. The summed E-state index contributed by atoms with van der Waals surface area (Å²) in [5.74, 6) is 0.307. The molecule has 8 aromatic rings. The zero-order chi connectivity index (χ0) is 30.8. The fraction of sp³-hybridized carbons (Fsp3) is 0.0698. The Morgan fingerprint density at radius 2 is 1.28 bits per heavy atom. The van der Waals surface area contributed by atoms with E-state index in [2.05, 4.69) is 128 Å². The highest BCUT2D eigenvalue weighted by Crippen LogP contribution is 2.45. The molecule has 2 aromatic heterocycles. The molecule has 1 unspecified atom stereocenters. The van der Waals surface area contributed by atoms with Crippen molar-refractivity contribution in [2.45, 2.75) is 13.3 Å². The molecule has 3 heteroatoms. The van der Waals surface area contributed by atoms with Crippen LogP contribution in [0.15, 0.2) is 150 Å². The van der Waals surface area contributed by atoms with Gasteiger partial charge in [0.2, 0.25) is 0 Å². The Balaban J connectivity index is 1.50. The van der Waals surface area contributed by atoms with Gasteiger partial charge in [-0.15, -0.1) is 0 Å². The first kappa shape index (κ1) is 26.6.